The molecule has 0 saturated heterocycles. The van der Waals surface area contributed by atoms with E-state index in [0.29, 0.717) is 23.5 Å². The van der Waals surface area contributed by atoms with Crippen molar-refractivity contribution in [3.63, 3.8) is 0 Å². The van der Waals surface area contributed by atoms with Gasteiger partial charge in [-0.05, 0) is 24.2 Å². The number of hydrogen-bond acceptors (Lipinski definition) is 4. The Balaban J connectivity index is 2.19. The third-order valence-corrected chi connectivity index (χ3v) is 8.53. The number of aromatic carboxylic acids is 1. The highest BCUT2D eigenvalue weighted by molar-refractivity contribution is 6.74. The van der Waals surface area contributed by atoms with E-state index in [-0.39, 0.29) is 10.6 Å². The maximum absolute atomic E-state index is 10.9. The molecule has 0 bridgehead atoms. The summed E-state index contributed by atoms with van der Waals surface area (Å²) in [6, 6.07) is 3.29. The Morgan fingerprint density at radius 1 is 1.38 bits per heavy atom. The lowest BCUT2D eigenvalue weighted by atomic mass is 10.2. The number of rotatable bonds is 4. The van der Waals surface area contributed by atoms with Crippen LogP contribution in [0.1, 0.15) is 36.9 Å². The molecule has 2 heterocycles. The number of hydrogen-bond donors (Lipinski definition) is 1. The SMILES string of the molecule is CC(C)(C)[Si](C)(C)OCc1cc2ncc(C(=O)O)cc2o1. The second kappa shape index (κ2) is 5.27. The fourth-order valence-corrected chi connectivity index (χ4v) is 2.56. The minimum absolute atomic E-state index is 0.119. The first-order valence-electron chi connectivity index (χ1n) is 6.86. The number of carboxylic acid groups (broad SMARTS) is 1. The molecule has 5 nitrogen and oxygen atoms in total. The molecule has 0 aliphatic rings. The van der Waals surface area contributed by atoms with Crippen LogP contribution in [0.25, 0.3) is 11.1 Å². The van der Waals surface area contributed by atoms with Crippen molar-refractivity contribution in [1.29, 1.82) is 0 Å². The highest BCUT2D eigenvalue weighted by Gasteiger charge is 2.37. The summed E-state index contributed by atoms with van der Waals surface area (Å²) in [6.07, 6.45) is 1.33. The average Bonchev–Trinajstić information content (AvgIpc) is 2.76. The van der Waals surface area contributed by atoms with Crippen LogP contribution in [-0.4, -0.2) is 24.4 Å². The molecule has 0 unspecified atom stereocenters. The number of fused-ring (bicyclic) bond motifs is 1. The first-order valence-corrected chi connectivity index (χ1v) is 9.77. The Hall–Kier alpha value is -1.66. The molecule has 2 aromatic rings. The fraction of sp³-hybridized carbons (Fsp3) is 0.467. The van der Waals surface area contributed by atoms with Gasteiger partial charge < -0.3 is 13.9 Å². The molecule has 0 aromatic carbocycles. The molecule has 6 heteroatoms. The average molecular weight is 307 g/mol. The van der Waals surface area contributed by atoms with Crippen LogP contribution >= 0.6 is 0 Å². The minimum Gasteiger partial charge on any atom is -0.478 e. The fourth-order valence-electron chi connectivity index (χ4n) is 1.62. The number of carboxylic acids is 1. The molecular weight excluding hydrogens is 286 g/mol. The summed E-state index contributed by atoms with van der Waals surface area (Å²) in [5.74, 6) is -0.343. The monoisotopic (exact) mass is 307 g/mol. The summed E-state index contributed by atoms with van der Waals surface area (Å²) in [7, 11) is -1.84. The molecule has 2 aromatic heterocycles. The molecule has 0 aliphatic carbocycles. The van der Waals surface area contributed by atoms with Crippen molar-refractivity contribution in [2.75, 3.05) is 0 Å². The first kappa shape index (κ1) is 15.7. The maximum Gasteiger partial charge on any atom is 0.337 e. The molecule has 1 N–H and O–H groups in total. The van der Waals surface area contributed by atoms with Gasteiger partial charge in [0.05, 0.1) is 12.2 Å². The van der Waals surface area contributed by atoms with Crippen LogP contribution in [-0.2, 0) is 11.0 Å². The smallest absolute Gasteiger partial charge is 0.337 e. The molecule has 114 valence electrons. The Bertz CT molecular complexity index is 670. The molecule has 0 atom stereocenters. The van der Waals surface area contributed by atoms with Gasteiger partial charge in [-0.3, -0.25) is 4.98 Å². The van der Waals surface area contributed by atoms with E-state index in [1.807, 2.05) is 0 Å². The van der Waals surface area contributed by atoms with E-state index >= 15 is 0 Å². The van der Waals surface area contributed by atoms with Crippen LogP contribution in [0.2, 0.25) is 18.1 Å². The third-order valence-electron chi connectivity index (χ3n) is 4.05. The van der Waals surface area contributed by atoms with Gasteiger partial charge in [-0.15, -0.1) is 0 Å². The molecule has 0 aliphatic heterocycles. The minimum atomic E-state index is -1.84. The lowest BCUT2D eigenvalue weighted by Crippen LogP contribution is -2.40. The van der Waals surface area contributed by atoms with E-state index < -0.39 is 14.3 Å². The molecule has 21 heavy (non-hydrogen) atoms. The summed E-state index contributed by atoms with van der Waals surface area (Å²) in [4.78, 5) is 15.0. The maximum atomic E-state index is 10.9. The van der Waals surface area contributed by atoms with E-state index in [4.69, 9.17) is 13.9 Å². The Morgan fingerprint density at radius 2 is 2.05 bits per heavy atom. The summed E-state index contributed by atoms with van der Waals surface area (Å²) < 4.78 is 11.7. The summed E-state index contributed by atoms with van der Waals surface area (Å²) in [5.41, 5.74) is 1.24. The van der Waals surface area contributed by atoms with E-state index in [2.05, 4.69) is 38.8 Å². The molecule has 0 amide bonds. The van der Waals surface area contributed by atoms with Crippen LogP contribution in [0.4, 0.5) is 0 Å². The zero-order valence-electron chi connectivity index (χ0n) is 13.1. The quantitative estimate of drug-likeness (QED) is 0.863. The van der Waals surface area contributed by atoms with Gasteiger partial charge >= 0.3 is 5.97 Å². The van der Waals surface area contributed by atoms with Crippen molar-refractivity contribution in [1.82, 2.24) is 4.98 Å². The number of carbonyl (C=O) groups is 1. The van der Waals surface area contributed by atoms with Gasteiger partial charge in [-0.2, -0.15) is 0 Å². The Kier molecular flexibility index (Phi) is 3.95. The first-order chi connectivity index (χ1) is 9.60. The Labute approximate surface area is 125 Å². The predicted octanol–water partition coefficient (Wildman–Crippen LogP) is 4.05. The van der Waals surface area contributed by atoms with Crippen molar-refractivity contribution < 1.29 is 18.7 Å². The van der Waals surface area contributed by atoms with E-state index in [1.54, 1.807) is 6.07 Å². The second-order valence-corrected chi connectivity index (χ2v) is 11.5. The highest BCUT2D eigenvalue weighted by atomic mass is 28.4. The van der Waals surface area contributed by atoms with Crippen LogP contribution in [0.5, 0.6) is 0 Å². The van der Waals surface area contributed by atoms with Crippen molar-refractivity contribution in [3.05, 3.63) is 29.7 Å². The molecule has 0 spiro atoms. The predicted molar refractivity (Wildman–Crippen MR) is 83.0 cm³/mol. The summed E-state index contributed by atoms with van der Waals surface area (Å²) in [5, 5.41) is 9.08. The second-order valence-electron chi connectivity index (χ2n) is 6.67. The number of aromatic nitrogens is 1. The molecule has 0 saturated carbocycles. The van der Waals surface area contributed by atoms with Gasteiger partial charge in [0.15, 0.2) is 13.9 Å². The summed E-state index contributed by atoms with van der Waals surface area (Å²) in [6.45, 7) is 11.3. The highest BCUT2D eigenvalue weighted by Crippen LogP contribution is 2.37. The largest absolute Gasteiger partial charge is 0.478 e. The number of furan rings is 1. The van der Waals surface area contributed by atoms with Crippen molar-refractivity contribution in [2.45, 2.75) is 45.5 Å². The van der Waals surface area contributed by atoms with Gasteiger partial charge in [-0.25, -0.2) is 4.79 Å². The van der Waals surface area contributed by atoms with Crippen LogP contribution in [0.3, 0.4) is 0 Å². The molecule has 2 rings (SSSR count). The van der Waals surface area contributed by atoms with E-state index in [0.717, 1.165) is 0 Å². The van der Waals surface area contributed by atoms with E-state index in [9.17, 15) is 4.79 Å². The molecule has 0 radical (unpaired) electrons. The number of nitrogens with zero attached hydrogens (tertiary/aromatic N) is 1. The standard InChI is InChI=1S/C15H21NO4Si/c1-15(2,3)21(4,5)19-9-11-7-12-13(20-11)6-10(8-16-12)14(17)18/h6-8H,9H2,1-5H3,(H,17,18). The van der Waals surface area contributed by atoms with Crippen LogP contribution < -0.4 is 0 Å². The van der Waals surface area contributed by atoms with Gasteiger partial charge in [0.2, 0.25) is 0 Å². The van der Waals surface area contributed by atoms with Crippen molar-refractivity contribution in [2.24, 2.45) is 0 Å². The summed E-state index contributed by atoms with van der Waals surface area (Å²) >= 11 is 0. The molecule has 0 fully saturated rings. The van der Waals surface area contributed by atoms with Gasteiger partial charge in [0.1, 0.15) is 11.3 Å². The number of pyridine rings is 1. The zero-order chi connectivity index (χ0) is 15.8. The van der Waals surface area contributed by atoms with Crippen molar-refractivity contribution in [3.8, 4) is 0 Å². The van der Waals surface area contributed by atoms with E-state index in [1.165, 1.54) is 12.3 Å². The normalized spacial score (nSPS) is 12.8. The lowest BCUT2D eigenvalue weighted by molar-refractivity contribution is 0.0696. The van der Waals surface area contributed by atoms with Gasteiger partial charge in [0, 0.05) is 12.3 Å². The third kappa shape index (κ3) is 3.33. The zero-order valence-corrected chi connectivity index (χ0v) is 14.1. The van der Waals surface area contributed by atoms with Crippen molar-refractivity contribution >= 4 is 25.4 Å². The van der Waals surface area contributed by atoms with Gasteiger partial charge in [0.25, 0.3) is 0 Å². The lowest BCUT2D eigenvalue weighted by Gasteiger charge is -2.35. The van der Waals surface area contributed by atoms with Crippen LogP contribution in [0.15, 0.2) is 22.7 Å². The topological polar surface area (TPSA) is 72.6 Å². The van der Waals surface area contributed by atoms with Crippen LogP contribution in [0, 0.1) is 0 Å². The van der Waals surface area contributed by atoms with Gasteiger partial charge in [-0.1, -0.05) is 20.8 Å². The Morgan fingerprint density at radius 3 is 2.62 bits per heavy atom. The molecular formula is C15H21NO4Si.